The van der Waals surface area contributed by atoms with Crippen LogP contribution in [-0.4, -0.2) is 0 Å². The Hall–Kier alpha value is -2.36. The third-order valence-electron chi connectivity index (χ3n) is 10.1. The highest BCUT2D eigenvalue weighted by molar-refractivity contribution is 7.22. The van der Waals surface area contributed by atoms with Crippen LogP contribution in [-0.2, 0) is 44.1 Å². The van der Waals surface area contributed by atoms with E-state index in [0.29, 0.717) is 0 Å². The summed E-state index contributed by atoms with van der Waals surface area (Å²) in [5.74, 6) is 1.15. The minimum absolute atomic E-state index is 0.163. The second-order valence-electron chi connectivity index (χ2n) is 13.3. The molecule has 0 amide bonds. The number of rotatable bonds is 14. The zero-order chi connectivity index (χ0) is 28.5. The largest absolute Gasteiger partial charge is 0.481 e. The van der Waals surface area contributed by atoms with Crippen molar-refractivity contribution in [2.45, 2.75) is 122 Å². The fourth-order valence-electron chi connectivity index (χ4n) is 7.50. The van der Waals surface area contributed by atoms with Crippen molar-refractivity contribution in [2.24, 2.45) is 0 Å². The first-order valence-electron chi connectivity index (χ1n) is 16.7. The Bertz CT molecular complexity index is 1490. The van der Waals surface area contributed by atoms with E-state index in [1.807, 2.05) is 22.7 Å². The van der Waals surface area contributed by atoms with Crippen LogP contribution in [0.4, 0.5) is 0 Å². The van der Waals surface area contributed by atoms with Gasteiger partial charge < -0.3 is 4.74 Å². The molecule has 3 heteroatoms. The molecule has 0 unspecified atom stereocenters. The molecule has 0 fully saturated rings. The number of hydrogen-bond acceptors (Lipinski definition) is 3. The standard InChI is InChI=1S/C39H46OS2/c1-27-23-35-37(41-27)38-36(24-28(2)42-38)40-39(35,21-9-5-3-7-11-29-13-15-31-17-19-33(31)25-29)22-10-6-4-8-12-30-14-16-32-18-20-34(32)26-30/h13-16,23-26H,3-12,17-22H2,1-2H3. The predicted octanol–water partition coefficient (Wildman–Crippen LogP) is 11.3. The lowest BCUT2D eigenvalue weighted by Crippen LogP contribution is -2.35. The van der Waals surface area contributed by atoms with Gasteiger partial charge in [0.25, 0.3) is 0 Å². The fraction of sp³-hybridized carbons (Fsp3) is 0.487. The first-order chi connectivity index (χ1) is 20.6. The zero-order valence-electron chi connectivity index (χ0n) is 25.7. The number of aryl methyl sites for hydroxylation is 8. The van der Waals surface area contributed by atoms with E-state index in [4.69, 9.17) is 4.74 Å². The highest BCUT2D eigenvalue weighted by Gasteiger charge is 2.42. The van der Waals surface area contributed by atoms with E-state index in [-0.39, 0.29) is 5.60 Å². The van der Waals surface area contributed by atoms with Crippen molar-refractivity contribution in [3.8, 4) is 15.5 Å². The van der Waals surface area contributed by atoms with Gasteiger partial charge in [-0.1, -0.05) is 62.1 Å². The molecule has 0 N–H and O–H groups in total. The van der Waals surface area contributed by atoms with Gasteiger partial charge in [-0.15, -0.1) is 22.7 Å². The summed E-state index contributed by atoms with van der Waals surface area (Å²) in [6, 6.07) is 19.2. The summed E-state index contributed by atoms with van der Waals surface area (Å²) in [5, 5.41) is 0. The lowest BCUT2D eigenvalue weighted by atomic mass is 9.81. The van der Waals surface area contributed by atoms with Gasteiger partial charge in [-0.25, -0.2) is 0 Å². The summed E-state index contributed by atoms with van der Waals surface area (Å²) in [5.41, 5.74) is 10.8. The number of thiophene rings is 2. The Kier molecular flexibility index (Phi) is 8.34. The second-order valence-corrected chi connectivity index (χ2v) is 15.8. The molecule has 220 valence electrons. The quantitative estimate of drug-likeness (QED) is 0.132. The molecular weight excluding hydrogens is 549 g/mol. The van der Waals surface area contributed by atoms with E-state index in [1.165, 1.54) is 115 Å². The van der Waals surface area contributed by atoms with Gasteiger partial charge in [0.15, 0.2) is 0 Å². The average Bonchev–Trinajstić information content (AvgIpc) is 3.52. The number of ether oxygens (including phenoxy) is 1. The number of fused-ring (bicyclic) bond motifs is 5. The van der Waals surface area contributed by atoms with Crippen molar-refractivity contribution >= 4 is 22.7 Å². The zero-order valence-corrected chi connectivity index (χ0v) is 27.3. The molecular formula is C39H46OS2. The van der Waals surface area contributed by atoms with Crippen LogP contribution in [0.3, 0.4) is 0 Å². The van der Waals surface area contributed by atoms with Gasteiger partial charge in [0.2, 0.25) is 0 Å². The van der Waals surface area contributed by atoms with Crippen molar-refractivity contribution in [1.82, 2.24) is 0 Å². The molecule has 0 spiro atoms. The minimum atomic E-state index is -0.163. The van der Waals surface area contributed by atoms with Gasteiger partial charge in [-0.05, 0) is 136 Å². The Balaban J connectivity index is 0.957. The van der Waals surface area contributed by atoms with Crippen molar-refractivity contribution < 1.29 is 4.74 Å². The summed E-state index contributed by atoms with van der Waals surface area (Å²) in [4.78, 5) is 5.64. The van der Waals surface area contributed by atoms with E-state index in [0.717, 1.165) is 18.6 Å². The van der Waals surface area contributed by atoms with E-state index < -0.39 is 0 Å². The van der Waals surface area contributed by atoms with Crippen LogP contribution in [0.5, 0.6) is 5.75 Å². The molecule has 4 aromatic rings. The van der Waals surface area contributed by atoms with Crippen LogP contribution in [0.1, 0.15) is 113 Å². The van der Waals surface area contributed by atoms with Gasteiger partial charge in [-0.2, -0.15) is 0 Å². The van der Waals surface area contributed by atoms with E-state index in [2.05, 4.69) is 62.4 Å². The maximum absolute atomic E-state index is 7.11. The second kappa shape index (κ2) is 12.3. The van der Waals surface area contributed by atoms with Crippen LogP contribution in [0.15, 0.2) is 48.5 Å². The molecule has 0 bridgehead atoms. The summed E-state index contributed by atoms with van der Waals surface area (Å²) >= 11 is 3.89. The van der Waals surface area contributed by atoms with Gasteiger partial charge in [-0.3, -0.25) is 0 Å². The molecule has 0 radical (unpaired) electrons. The summed E-state index contributed by atoms with van der Waals surface area (Å²) in [7, 11) is 0. The fourth-order valence-corrected chi connectivity index (χ4v) is 9.69. The first-order valence-corrected chi connectivity index (χ1v) is 18.3. The smallest absolute Gasteiger partial charge is 0.140 e. The third kappa shape index (κ3) is 5.89. The molecule has 1 aliphatic heterocycles. The molecule has 0 atom stereocenters. The molecule has 7 rings (SSSR count). The monoisotopic (exact) mass is 594 g/mol. The Labute approximate surface area is 261 Å². The Morgan fingerprint density at radius 3 is 1.64 bits per heavy atom. The maximum Gasteiger partial charge on any atom is 0.140 e. The third-order valence-corrected chi connectivity index (χ3v) is 12.4. The molecule has 2 aromatic carbocycles. The number of benzene rings is 2. The van der Waals surface area contributed by atoms with E-state index >= 15 is 0 Å². The number of unbranched alkanes of at least 4 members (excludes halogenated alkanes) is 6. The van der Waals surface area contributed by atoms with Crippen molar-refractivity contribution in [2.75, 3.05) is 0 Å². The number of hydrogen-bond donors (Lipinski definition) is 0. The molecule has 1 nitrogen and oxygen atoms in total. The van der Waals surface area contributed by atoms with Gasteiger partial charge in [0.05, 0.1) is 9.75 Å². The molecule has 3 aliphatic rings. The van der Waals surface area contributed by atoms with Crippen LogP contribution >= 0.6 is 22.7 Å². The van der Waals surface area contributed by atoms with Gasteiger partial charge in [0, 0.05) is 15.3 Å². The van der Waals surface area contributed by atoms with Crippen molar-refractivity contribution in [1.29, 1.82) is 0 Å². The highest BCUT2D eigenvalue weighted by Crippen LogP contribution is 2.55. The molecule has 2 aliphatic carbocycles. The maximum atomic E-state index is 7.11. The van der Waals surface area contributed by atoms with Crippen molar-refractivity contribution in [3.63, 3.8) is 0 Å². The van der Waals surface area contributed by atoms with Gasteiger partial charge in [0.1, 0.15) is 11.4 Å². The summed E-state index contributed by atoms with van der Waals surface area (Å²) in [6.07, 6.45) is 20.2. The van der Waals surface area contributed by atoms with Crippen LogP contribution in [0.2, 0.25) is 0 Å². The van der Waals surface area contributed by atoms with E-state index in [1.54, 1.807) is 33.4 Å². The molecule has 0 saturated heterocycles. The predicted molar refractivity (Wildman–Crippen MR) is 181 cm³/mol. The highest BCUT2D eigenvalue weighted by atomic mass is 32.1. The summed E-state index contributed by atoms with van der Waals surface area (Å²) < 4.78 is 7.11. The lowest BCUT2D eigenvalue weighted by Gasteiger charge is -2.38. The minimum Gasteiger partial charge on any atom is -0.481 e. The Morgan fingerprint density at radius 2 is 1.10 bits per heavy atom. The van der Waals surface area contributed by atoms with Crippen molar-refractivity contribution in [3.05, 3.63) is 97.2 Å². The first kappa shape index (κ1) is 28.4. The van der Waals surface area contributed by atoms with E-state index in [9.17, 15) is 0 Å². The molecule has 2 aromatic heterocycles. The SMILES string of the molecule is Cc1cc2c(s1)-c1sc(C)cc1C(CCCCCCc1ccc3c(c1)CC3)(CCCCCCc1ccc3c(c1)CC3)O2. The van der Waals surface area contributed by atoms with Crippen LogP contribution in [0.25, 0.3) is 9.75 Å². The average molecular weight is 595 g/mol. The molecule has 0 saturated carbocycles. The molecule has 42 heavy (non-hydrogen) atoms. The normalized spacial score (nSPS) is 15.6. The topological polar surface area (TPSA) is 9.23 Å². The van der Waals surface area contributed by atoms with Crippen LogP contribution < -0.4 is 4.74 Å². The van der Waals surface area contributed by atoms with Crippen LogP contribution in [0, 0.1) is 13.8 Å². The lowest BCUT2D eigenvalue weighted by molar-refractivity contribution is 0.0397. The molecule has 3 heterocycles. The van der Waals surface area contributed by atoms with Gasteiger partial charge >= 0.3 is 0 Å². The Morgan fingerprint density at radius 1 is 0.571 bits per heavy atom. The summed E-state index contributed by atoms with van der Waals surface area (Å²) in [6.45, 7) is 4.51.